The molecule has 0 saturated heterocycles. The minimum Gasteiger partial charge on any atom is -0.272 e. The van der Waals surface area contributed by atoms with Gasteiger partial charge in [-0.2, -0.15) is 5.10 Å². The summed E-state index contributed by atoms with van der Waals surface area (Å²) in [5, 5.41) is 7.47. The summed E-state index contributed by atoms with van der Waals surface area (Å²) in [6, 6.07) is 0.0647. The van der Waals surface area contributed by atoms with Gasteiger partial charge in [-0.3, -0.25) is 16.0 Å². The summed E-state index contributed by atoms with van der Waals surface area (Å²) >= 11 is 1.65. The van der Waals surface area contributed by atoms with E-state index in [0.717, 1.165) is 22.8 Å². The van der Waals surface area contributed by atoms with E-state index in [9.17, 15) is 0 Å². The Morgan fingerprint density at radius 1 is 1.53 bits per heavy atom. The van der Waals surface area contributed by atoms with Gasteiger partial charge in [0.2, 0.25) is 0 Å². The molecular formula is C11H17N5S. The molecule has 0 bridgehead atoms. The highest BCUT2D eigenvalue weighted by atomic mass is 32.1. The van der Waals surface area contributed by atoms with Gasteiger partial charge < -0.3 is 0 Å². The van der Waals surface area contributed by atoms with Crippen molar-refractivity contribution >= 4 is 11.3 Å². The average molecular weight is 251 g/mol. The molecule has 1 unspecified atom stereocenters. The number of hydrogen-bond donors (Lipinski definition) is 2. The minimum atomic E-state index is 0.0647. The van der Waals surface area contributed by atoms with Crippen LogP contribution in [0.3, 0.4) is 0 Å². The van der Waals surface area contributed by atoms with E-state index < -0.39 is 0 Å². The van der Waals surface area contributed by atoms with Crippen molar-refractivity contribution in [3.8, 4) is 0 Å². The summed E-state index contributed by atoms with van der Waals surface area (Å²) in [7, 11) is 1.95. The van der Waals surface area contributed by atoms with Crippen LogP contribution in [0.15, 0.2) is 11.6 Å². The predicted octanol–water partition coefficient (Wildman–Crippen LogP) is 1.24. The Kier molecular flexibility index (Phi) is 3.56. The molecule has 0 spiro atoms. The number of rotatable bonds is 4. The van der Waals surface area contributed by atoms with Gasteiger partial charge in [-0.15, -0.1) is 11.3 Å². The van der Waals surface area contributed by atoms with Gasteiger partial charge in [0.15, 0.2) is 0 Å². The van der Waals surface area contributed by atoms with Crippen LogP contribution in [0.1, 0.15) is 28.0 Å². The molecule has 0 aromatic carbocycles. The van der Waals surface area contributed by atoms with Gasteiger partial charge in [-0.1, -0.05) is 0 Å². The maximum absolute atomic E-state index is 5.66. The quantitative estimate of drug-likeness (QED) is 0.633. The van der Waals surface area contributed by atoms with E-state index in [-0.39, 0.29) is 6.04 Å². The van der Waals surface area contributed by atoms with Crippen LogP contribution in [0, 0.1) is 13.8 Å². The molecule has 0 aliphatic carbocycles. The number of aryl methyl sites for hydroxylation is 2. The van der Waals surface area contributed by atoms with Crippen molar-refractivity contribution in [1.29, 1.82) is 0 Å². The van der Waals surface area contributed by atoms with Gasteiger partial charge in [-0.25, -0.2) is 4.98 Å². The molecule has 0 radical (unpaired) electrons. The topological polar surface area (TPSA) is 68.8 Å². The van der Waals surface area contributed by atoms with Crippen LogP contribution in [0.25, 0.3) is 0 Å². The Hall–Kier alpha value is -1.24. The molecule has 92 valence electrons. The van der Waals surface area contributed by atoms with E-state index in [4.69, 9.17) is 5.84 Å². The molecule has 0 amide bonds. The fourth-order valence-electron chi connectivity index (χ4n) is 2.07. The zero-order valence-electron chi connectivity index (χ0n) is 10.3. The zero-order valence-corrected chi connectivity index (χ0v) is 11.1. The van der Waals surface area contributed by atoms with E-state index >= 15 is 0 Å². The van der Waals surface area contributed by atoms with Crippen LogP contribution < -0.4 is 11.3 Å². The van der Waals surface area contributed by atoms with Crippen LogP contribution in [0.4, 0.5) is 0 Å². The van der Waals surface area contributed by atoms with Crippen molar-refractivity contribution in [3.05, 3.63) is 33.5 Å². The lowest BCUT2D eigenvalue weighted by atomic mass is 10.0. The zero-order chi connectivity index (χ0) is 12.4. The molecule has 2 aromatic rings. The summed E-state index contributed by atoms with van der Waals surface area (Å²) in [5.74, 6) is 5.66. The van der Waals surface area contributed by atoms with Gasteiger partial charge in [0.05, 0.1) is 16.7 Å². The number of hydrazine groups is 1. The Morgan fingerprint density at radius 3 is 2.76 bits per heavy atom. The molecule has 0 aliphatic heterocycles. The molecule has 17 heavy (non-hydrogen) atoms. The third-order valence-electron chi connectivity index (χ3n) is 2.98. The van der Waals surface area contributed by atoms with E-state index in [1.165, 1.54) is 5.56 Å². The molecule has 1 atom stereocenters. The van der Waals surface area contributed by atoms with Crippen molar-refractivity contribution < 1.29 is 0 Å². The van der Waals surface area contributed by atoms with Crippen LogP contribution in [-0.2, 0) is 13.5 Å². The third-order valence-corrected chi connectivity index (χ3v) is 3.78. The smallest absolute Gasteiger partial charge is 0.0944 e. The van der Waals surface area contributed by atoms with Gasteiger partial charge in [0, 0.05) is 36.3 Å². The molecule has 2 aromatic heterocycles. The van der Waals surface area contributed by atoms with Crippen molar-refractivity contribution in [2.24, 2.45) is 12.9 Å². The maximum atomic E-state index is 5.66. The molecule has 0 aliphatic rings. The highest BCUT2D eigenvalue weighted by Crippen LogP contribution is 2.24. The number of nitrogens with zero attached hydrogens (tertiary/aromatic N) is 3. The molecule has 2 rings (SSSR count). The highest BCUT2D eigenvalue weighted by molar-refractivity contribution is 7.09. The van der Waals surface area contributed by atoms with Gasteiger partial charge in [0.1, 0.15) is 0 Å². The summed E-state index contributed by atoms with van der Waals surface area (Å²) in [5.41, 5.74) is 6.20. The normalized spacial score (nSPS) is 12.9. The standard InChI is InChI=1S/C11H17N5S/c1-7-11(8(2)16(3)15-7)9(14-12)6-10-13-4-5-17-10/h4-5,9,14H,6,12H2,1-3H3. The first-order valence-electron chi connectivity index (χ1n) is 5.48. The van der Waals surface area contributed by atoms with Crippen LogP contribution >= 0.6 is 11.3 Å². The van der Waals surface area contributed by atoms with E-state index in [0.29, 0.717) is 0 Å². The van der Waals surface area contributed by atoms with Crippen LogP contribution in [0.5, 0.6) is 0 Å². The monoisotopic (exact) mass is 251 g/mol. The molecule has 6 heteroatoms. The molecule has 0 fully saturated rings. The lowest BCUT2D eigenvalue weighted by Crippen LogP contribution is -2.30. The predicted molar refractivity (Wildman–Crippen MR) is 68.6 cm³/mol. The molecule has 2 heterocycles. The number of nitrogens with one attached hydrogen (secondary N) is 1. The van der Waals surface area contributed by atoms with Crippen molar-refractivity contribution in [3.63, 3.8) is 0 Å². The van der Waals surface area contributed by atoms with Crippen LogP contribution in [0.2, 0.25) is 0 Å². The minimum absolute atomic E-state index is 0.0647. The van der Waals surface area contributed by atoms with Crippen molar-refractivity contribution in [2.45, 2.75) is 26.3 Å². The first-order valence-corrected chi connectivity index (χ1v) is 6.36. The Labute approximate surface area is 105 Å². The Morgan fingerprint density at radius 2 is 2.29 bits per heavy atom. The summed E-state index contributed by atoms with van der Waals surface area (Å²) < 4.78 is 1.89. The van der Waals surface area contributed by atoms with Crippen molar-refractivity contribution in [1.82, 2.24) is 20.2 Å². The van der Waals surface area contributed by atoms with Gasteiger partial charge >= 0.3 is 0 Å². The molecule has 0 saturated carbocycles. The lowest BCUT2D eigenvalue weighted by Gasteiger charge is -2.15. The summed E-state index contributed by atoms with van der Waals surface area (Å²) in [6.07, 6.45) is 2.61. The summed E-state index contributed by atoms with van der Waals surface area (Å²) in [6.45, 7) is 4.07. The Bertz CT molecular complexity index is 488. The first-order chi connectivity index (χ1) is 8.13. The van der Waals surface area contributed by atoms with E-state index in [2.05, 4.69) is 22.4 Å². The maximum Gasteiger partial charge on any atom is 0.0944 e. The summed E-state index contributed by atoms with van der Waals surface area (Å²) in [4.78, 5) is 4.29. The number of hydrogen-bond acceptors (Lipinski definition) is 5. The average Bonchev–Trinajstić information content (AvgIpc) is 2.87. The molecule has 5 nitrogen and oxygen atoms in total. The second-order valence-corrected chi connectivity index (χ2v) is 5.04. The number of nitrogens with two attached hydrogens (primary N) is 1. The fourth-order valence-corrected chi connectivity index (χ4v) is 2.73. The van der Waals surface area contributed by atoms with Crippen molar-refractivity contribution in [2.75, 3.05) is 0 Å². The van der Waals surface area contributed by atoms with Crippen LogP contribution in [-0.4, -0.2) is 14.8 Å². The second kappa shape index (κ2) is 4.95. The van der Waals surface area contributed by atoms with E-state index in [1.807, 2.05) is 30.2 Å². The highest BCUT2D eigenvalue weighted by Gasteiger charge is 2.20. The third kappa shape index (κ3) is 2.38. The van der Waals surface area contributed by atoms with Gasteiger partial charge in [-0.05, 0) is 13.8 Å². The molecule has 3 N–H and O–H groups in total. The first kappa shape index (κ1) is 12.2. The Balaban J connectivity index is 2.29. The lowest BCUT2D eigenvalue weighted by molar-refractivity contribution is 0.544. The van der Waals surface area contributed by atoms with E-state index in [1.54, 1.807) is 11.3 Å². The number of thiazole rings is 1. The van der Waals surface area contributed by atoms with Gasteiger partial charge in [0.25, 0.3) is 0 Å². The number of aromatic nitrogens is 3. The fraction of sp³-hybridized carbons (Fsp3) is 0.455. The SMILES string of the molecule is Cc1nn(C)c(C)c1C(Cc1nccs1)NN. The molecular weight excluding hydrogens is 234 g/mol. The largest absolute Gasteiger partial charge is 0.272 e. The second-order valence-electron chi connectivity index (χ2n) is 4.06.